The molecule has 0 spiro atoms. The van der Waals surface area contributed by atoms with Crippen molar-refractivity contribution in [1.29, 1.82) is 0 Å². The molecular weight excluding hydrogens is 289 g/mol. The van der Waals surface area contributed by atoms with Crippen LogP contribution in [0.4, 0.5) is 9.18 Å². The van der Waals surface area contributed by atoms with Crippen molar-refractivity contribution >= 4 is 16.2 Å². The number of hydrogen-bond acceptors (Lipinski definition) is 5. The van der Waals surface area contributed by atoms with Crippen LogP contribution < -0.4 is 5.32 Å². The summed E-state index contributed by atoms with van der Waals surface area (Å²) in [5.41, 5.74) is -0.646. The minimum atomic E-state index is -3.59. The van der Waals surface area contributed by atoms with Gasteiger partial charge in [-0.05, 0) is 33.6 Å². The van der Waals surface area contributed by atoms with E-state index in [1.165, 1.54) is 0 Å². The summed E-state index contributed by atoms with van der Waals surface area (Å²) in [5.74, 6) is 0. The molecule has 20 heavy (non-hydrogen) atoms. The van der Waals surface area contributed by atoms with E-state index in [4.69, 9.17) is 8.92 Å². The van der Waals surface area contributed by atoms with Gasteiger partial charge in [0.25, 0.3) is 10.1 Å². The van der Waals surface area contributed by atoms with Crippen LogP contribution >= 0.6 is 0 Å². The van der Waals surface area contributed by atoms with E-state index >= 15 is 0 Å². The predicted octanol–water partition coefficient (Wildman–Crippen LogP) is 1.75. The molecule has 0 radical (unpaired) electrons. The first-order valence-corrected chi connectivity index (χ1v) is 8.30. The van der Waals surface area contributed by atoms with Crippen molar-refractivity contribution in [1.82, 2.24) is 5.32 Å². The van der Waals surface area contributed by atoms with E-state index in [1.54, 1.807) is 20.8 Å². The molecule has 0 heterocycles. The normalized spacial score (nSPS) is 27.9. The Balaban J connectivity index is 2.47. The summed E-state index contributed by atoms with van der Waals surface area (Å²) in [6.45, 7) is 5.16. The average Bonchev–Trinajstić information content (AvgIpc) is 2.17. The second-order valence-electron chi connectivity index (χ2n) is 6.00. The van der Waals surface area contributed by atoms with E-state index in [2.05, 4.69) is 5.32 Å². The molecule has 3 atom stereocenters. The molecule has 1 saturated carbocycles. The third kappa shape index (κ3) is 6.51. The Labute approximate surface area is 119 Å². The number of nitrogens with one attached hydrogen (secondary N) is 1. The van der Waals surface area contributed by atoms with E-state index < -0.39 is 40.1 Å². The maximum atomic E-state index is 13.9. The quantitative estimate of drug-likeness (QED) is 0.803. The largest absolute Gasteiger partial charge is 0.444 e. The second kappa shape index (κ2) is 6.26. The van der Waals surface area contributed by atoms with Crippen LogP contribution in [0, 0.1) is 0 Å². The smallest absolute Gasteiger partial charge is 0.407 e. The van der Waals surface area contributed by atoms with Crippen LogP contribution in [-0.4, -0.2) is 44.7 Å². The summed E-state index contributed by atoms with van der Waals surface area (Å²) in [6.07, 6.45) is -1.15. The van der Waals surface area contributed by atoms with E-state index in [1.807, 2.05) is 0 Å². The molecule has 0 aromatic heterocycles. The first-order chi connectivity index (χ1) is 8.96. The lowest BCUT2D eigenvalue weighted by Gasteiger charge is -2.32. The van der Waals surface area contributed by atoms with Gasteiger partial charge in [-0.3, -0.25) is 4.18 Å². The highest BCUT2D eigenvalue weighted by molar-refractivity contribution is 7.86. The van der Waals surface area contributed by atoms with Crippen LogP contribution in [-0.2, 0) is 19.0 Å². The van der Waals surface area contributed by atoms with Gasteiger partial charge in [-0.15, -0.1) is 0 Å². The van der Waals surface area contributed by atoms with Crippen LogP contribution in [0.5, 0.6) is 0 Å². The molecular formula is C12H22FNO5S. The van der Waals surface area contributed by atoms with Gasteiger partial charge >= 0.3 is 6.09 Å². The zero-order valence-electron chi connectivity index (χ0n) is 12.2. The van der Waals surface area contributed by atoms with E-state index in [9.17, 15) is 17.6 Å². The molecule has 8 heteroatoms. The number of amides is 1. The van der Waals surface area contributed by atoms with Crippen LogP contribution in [0.15, 0.2) is 0 Å². The maximum absolute atomic E-state index is 13.9. The third-order valence-corrected chi connectivity index (χ3v) is 3.36. The number of alkyl halides is 1. The van der Waals surface area contributed by atoms with Crippen molar-refractivity contribution in [2.75, 3.05) is 6.26 Å². The zero-order chi connectivity index (χ0) is 15.6. The lowest BCUT2D eigenvalue weighted by molar-refractivity contribution is 0.0374. The molecule has 1 N–H and O–H groups in total. The third-order valence-electron chi connectivity index (χ3n) is 2.74. The molecule has 118 valence electrons. The summed E-state index contributed by atoms with van der Waals surface area (Å²) in [6, 6.07) is -0.677. The highest BCUT2D eigenvalue weighted by Gasteiger charge is 2.34. The summed E-state index contributed by atoms with van der Waals surface area (Å²) in [5, 5.41) is 2.47. The molecule has 1 fully saturated rings. The number of carbonyl (C=O) groups is 1. The Morgan fingerprint density at radius 3 is 2.35 bits per heavy atom. The standard InChI is InChI=1S/C12H22FNO5S/c1-12(2,3)18-11(15)14-10-6-5-8(7-9(10)13)19-20(4,16)17/h8-10H,5-7H2,1-4H3,(H,14,15)/t8?,9-,10+/m0/s1. The Kier molecular flexibility index (Phi) is 5.37. The summed E-state index contributed by atoms with van der Waals surface area (Å²) in [7, 11) is -3.59. The van der Waals surface area contributed by atoms with Gasteiger partial charge in [-0.2, -0.15) is 8.42 Å². The zero-order valence-corrected chi connectivity index (χ0v) is 13.0. The number of rotatable bonds is 3. The number of ether oxygens (including phenoxy) is 1. The van der Waals surface area contributed by atoms with Gasteiger partial charge in [0.05, 0.1) is 18.4 Å². The lowest BCUT2D eigenvalue weighted by Crippen LogP contribution is -2.48. The number of carbonyl (C=O) groups excluding carboxylic acids is 1. The van der Waals surface area contributed by atoms with Gasteiger partial charge in [0, 0.05) is 6.42 Å². The molecule has 1 amide bonds. The average molecular weight is 311 g/mol. The molecule has 1 unspecified atom stereocenters. The SMILES string of the molecule is CC(C)(C)OC(=O)N[C@@H]1CCC(OS(C)(=O)=O)C[C@@H]1F. The van der Waals surface area contributed by atoms with E-state index in [-0.39, 0.29) is 6.42 Å². The number of alkyl carbamates (subject to hydrolysis) is 1. The lowest BCUT2D eigenvalue weighted by atomic mass is 9.91. The topological polar surface area (TPSA) is 81.7 Å². The Hall–Kier alpha value is -0.890. The first-order valence-electron chi connectivity index (χ1n) is 6.48. The molecule has 0 aromatic carbocycles. The Morgan fingerprint density at radius 1 is 1.30 bits per heavy atom. The van der Waals surface area contributed by atoms with Crippen molar-refractivity contribution < 1.29 is 26.5 Å². The molecule has 0 bridgehead atoms. The van der Waals surface area contributed by atoms with Crippen LogP contribution in [0.1, 0.15) is 40.0 Å². The Morgan fingerprint density at radius 2 is 1.90 bits per heavy atom. The van der Waals surface area contributed by atoms with Crippen molar-refractivity contribution in [2.24, 2.45) is 0 Å². The summed E-state index contributed by atoms with van der Waals surface area (Å²) >= 11 is 0. The minimum absolute atomic E-state index is 0.0620. The minimum Gasteiger partial charge on any atom is -0.444 e. The maximum Gasteiger partial charge on any atom is 0.407 e. The predicted molar refractivity (Wildman–Crippen MR) is 71.6 cm³/mol. The van der Waals surface area contributed by atoms with Gasteiger partial charge in [0.2, 0.25) is 0 Å². The van der Waals surface area contributed by atoms with Gasteiger partial charge in [-0.1, -0.05) is 0 Å². The molecule has 0 saturated heterocycles. The summed E-state index contributed by atoms with van der Waals surface area (Å²) < 4.78 is 45.7. The second-order valence-corrected chi connectivity index (χ2v) is 7.60. The highest BCUT2D eigenvalue weighted by Crippen LogP contribution is 2.25. The van der Waals surface area contributed by atoms with Crippen molar-refractivity contribution in [3.05, 3.63) is 0 Å². The van der Waals surface area contributed by atoms with E-state index in [0.717, 1.165) is 6.26 Å². The fourth-order valence-corrected chi connectivity index (χ4v) is 2.70. The van der Waals surface area contributed by atoms with Gasteiger partial charge < -0.3 is 10.1 Å². The fraction of sp³-hybridized carbons (Fsp3) is 0.917. The molecule has 0 aromatic rings. The van der Waals surface area contributed by atoms with Crippen molar-refractivity contribution in [3.63, 3.8) is 0 Å². The molecule has 6 nitrogen and oxygen atoms in total. The van der Waals surface area contributed by atoms with Crippen molar-refractivity contribution in [3.8, 4) is 0 Å². The summed E-state index contributed by atoms with van der Waals surface area (Å²) in [4.78, 5) is 11.6. The van der Waals surface area contributed by atoms with Crippen LogP contribution in [0.3, 0.4) is 0 Å². The molecule has 1 rings (SSSR count). The number of hydrogen-bond donors (Lipinski definition) is 1. The van der Waals surface area contributed by atoms with Crippen LogP contribution in [0.2, 0.25) is 0 Å². The Bertz CT molecular complexity index is 445. The van der Waals surface area contributed by atoms with Gasteiger partial charge in [-0.25, -0.2) is 9.18 Å². The monoisotopic (exact) mass is 311 g/mol. The van der Waals surface area contributed by atoms with Gasteiger partial charge in [0.1, 0.15) is 11.8 Å². The van der Waals surface area contributed by atoms with E-state index in [0.29, 0.717) is 12.8 Å². The molecule has 0 aliphatic heterocycles. The van der Waals surface area contributed by atoms with Gasteiger partial charge in [0.15, 0.2) is 0 Å². The molecule has 1 aliphatic carbocycles. The first kappa shape index (κ1) is 17.2. The number of halogens is 1. The molecule has 1 aliphatic rings. The van der Waals surface area contributed by atoms with Crippen LogP contribution in [0.25, 0.3) is 0 Å². The van der Waals surface area contributed by atoms with Crippen molar-refractivity contribution in [2.45, 2.75) is 64.0 Å². The fourth-order valence-electron chi connectivity index (χ4n) is 2.04. The highest BCUT2D eigenvalue weighted by atomic mass is 32.2.